The summed E-state index contributed by atoms with van der Waals surface area (Å²) < 4.78 is 27.5. The standard InChI is InChI=1S/C11H16O3S/c1-6-8(3)11(15(12)13)9(4)7(2)10(6)14-5/h1-5H3,(H,12,13)/p-1. The summed E-state index contributed by atoms with van der Waals surface area (Å²) in [6, 6.07) is 0. The van der Waals surface area contributed by atoms with E-state index in [1.54, 1.807) is 21.0 Å². The molecule has 15 heavy (non-hydrogen) atoms. The number of rotatable bonds is 2. The van der Waals surface area contributed by atoms with E-state index in [-0.39, 0.29) is 0 Å². The summed E-state index contributed by atoms with van der Waals surface area (Å²) in [6.45, 7) is 7.35. The molecule has 0 heterocycles. The van der Waals surface area contributed by atoms with Crippen molar-refractivity contribution in [3.8, 4) is 5.75 Å². The van der Waals surface area contributed by atoms with Gasteiger partial charge >= 0.3 is 0 Å². The smallest absolute Gasteiger partial charge is 0.125 e. The normalized spacial score (nSPS) is 12.7. The van der Waals surface area contributed by atoms with Gasteiger partial charge in [0.1, 0.15) is 5.75 Å². The van der Waals surface area contributed by atoms with Crippen molar-refractivity contribution in [2.24, 2.45) is 0 Å². The molecule has 0 aliphatic heterocycles. The number of hydrogen-bond donors (Lipinski definition) is 0. The Bertz CT molecular complexity index is 395. The second-order valence-corrected chi connectivity index (χ2v) is 4.47. The highest BCUT2D eigenvalue weighted by atomic mass is 32.2. The number of ether oxygens (including phenoxy) is 1. The van der Waals surface area contributed by atoms with Crippen LogP contribution >= 0.6 is 0 Å². The van der Waals surface area contributed by atoms with Crippen LogP contribution in [0.4, 0.5) is 0 Å². The van der Waals surface area contributed by atoms with E-state index in [1.165, 1.54) is 0 Å². The lowest BCUT2D eigenvalue weighted by Gasteiger charge is -2.20. The lowest BCUT2D eigenvalue weighted by molar-refractivity contribution is 0.407. The Morgan fingerprint density at radius 1 is 1.00 bits per heavy atom. The summed E-state index contributed by atoms with van der Waals surface area (Å²) in [7, 11) is 1.60. The molecule has 84 valence electrons. The van der Waals surface area contributed by atoms with Gasteiger partial charge in [-0.25, -0.2) is 0 Å². The third-order valence-corrected chi connectivity index (χ3v) is 3.80. The molecule has 3 nitrogen and oxygen atoms in total. The van der Waals surface area contributed by atoms with Crippen molar-refractivity contribution in [1.82, 2.24) is 0 Å². The Kier molecular flexibility index (Phi) is 3.52. The number of benzene rings is 1. The van der Waals surface area contributed by atoms with Crippen molar-refractivity contribution >= 4 is 11.1 Å². The summed E-state index contributed by atoms with van der Waals surface area (Å²) in [5, 5.41) is 0. The van der Waals surface area contributed by atoms with Crippen molar-refractivity contribution in [1.29, 1.82) is 0 Å². The lowest BCUT2D eigenvalue weighted by Crippen LogP contribution is -2.04. The van der Waals surface area contributed by atoms with Crippen LogP contribution < -0.4 is 4.74 Å². The SMILES string of the molecule is COc1c(C)c(C)c(S(=O)[O-])c(C)c1C. The highest BCUT2D eigenvalue weighted by Crippen LogP contribution is 2.33. The molecule has 0 amide bonds. The predicted octanol–water partition coefficient (Wildman–Crippen LogP) is 2.17. The first kappa shape index (κ1) is 12.2. The molecule has 0 aromatic heterocycles. The van der Waals surface area contributed by atoms with E-state index in [0.717, 1.165) is 28.0 Å². The van der Waals surface area contributed by atoms with Crippen LogP contribution in [-0.2, 0) is 11.1 Å². The predicted molar refractivity (Wildman–Crippen MR) is 59.1 cm³/mol. The van der Waals surface area contributed by atoms with Gasteiger partial charge < -0.3 is 9.29 Å². The van der Waals surface area contributed by atoms with Crippen LogP contribution in [0.5, 0.6) is 5.75 Å². The van der Waals surface area contributed by atoms with E-state index >= 15 is 0 Å². The number of methoxy groups -OCH3 is 1. The maximum Gasteiger partial charge on any atom is 0.125 e. The van der Waals surface area contributed by atoms with Crippen molar-refractivity contribution in [3.63, 3.8) is 0 Å². The fourth-order valence-corrected chi connectivity index (χ4v) is 2.61. The van der Waals surface area contributed by atoms with Crippen LogP contribution in [-0.4, -0.2) is 15.9 Å². The van der Waals surface area contributed by atoms with Crippen LogP contribution in [0, 0.1) is 27.7 Å². The van der Waals surface area contributed by atoms with Gasteiger partial charge in [-0.15, -0.1) is 0 Å². The molecule has 0 saturated heterocycles. The molecule has 0 spiro atoms. The van der Waals surface area contributed by atoms with Crippen LogP contribution in [0.1, 0.15) is 22.3 Å². The molecule has 0 bridgehead atoms. The van der Waals surface area contributed by atoms with Gasteiger partial charge in [0.2, 0.25) is 0 Å². The van der Waals surface area contributed by atoms with Gasteiger partial charge in [-0.3, -0.25) is 4.21 Å². The molecule has 1 aromatic carbocycles. The Morgan fingerprint density at radius 2 is 1.40 bits per heavy atom. The zero-order valence-corrected chi connectivity index (χ0v) is 10.4. The van der Waals surface area contributed by atoms with Crippen LogP contribution in [0.15, 0.2) is 4.90 Å². The third kappa shape index (κ3) is 1.92. The molecule has 1 unspecified atom stereocenters. The minimum Gasteiger partial charge on any atom is -0.768 e. The largest absolute Gasteiger partial charge is 0.768 e. The molecule has 0 radical (unpaired) electrons. The van der Waals surface area contributed by atoms with Gasteiger partial charge in [-0.1, -0.05) is 0 Å². The van der Waals surface area contributed by atoms with E-state index in [1.807, 2.05) is 13.8 Å². The van der Waals surface area contributed by atoms with E-state index in [9.17, 15) is 8.76 Å². The first-order valence-corrected chi connectivity index (χ1v) is 5.72. The summed E-state index contributed by atoms with van der Waals surface area (Å²) in [4.78, 5) is 0.394. The van der Waals surface area contributed by atoms with Gasteiger partial charge in [-0.05, 0) is 61.0 Å². The van der Waals surface area contributed by atoms with Crippen molar-refractivity contribution in [2.75, 3.05) is 7.11 Å². The van der Waals surface area contributed by atoms with Crippen molar-refractivity contribution in [3.05, 3.63) is 22.3 Å². The maximum absolute atomic E-state index is 11.1. The van der Waals surface area contributed by atoms with E-state index in [4.69, 9.17) is 4.74 Å². The summed E-state index contributed by atoms with van der Waals surface area (Å²) >= 11 is -2.19. The monoisotopic (exact) mass is 227 g/mol. The zero-order valence-electron chi connectivity index (χ0n) is 9.63. The second kappa shape index (κ2) is 4.33. The highest BCUT2D eigenvalue weighted by Gasteiger charge is 2.15. The molecule has 0 N–H and O–H groups in total. The molecule has 0 saturated carbocycles. The van der Waals surface area contributed by atoms with Gasteiger partial charge in [-0.2, -0.15) is 0 Å². The third-order valence-electron chi connectivity index (χ3n) is 2.86. The fraction of sp³-hybridized carbons (Fsp3) is 0.455. The summed E-state index contributed by atoms with van der Waals surface area (Å²) in [5.41, 5.74) is 3.31. The molecule has 0 fully saturated rings. The number of hydrogen-bond acceptors (Lipinski definition) is 3. The van der Waals surface area contributed by atoms with Gasteiger partial charge in [0.05, 0.1) is 7.11 Å². The minimum absolute atomic E-state index is 0.394. The molecule has 1 aromatic rings. The molecule has 1 rings (SSSR count). The quantitative estimate of drug-likeness (QED) is 0.727. The Morgan fingerprint density at radius 3 is 1.67 bits per heavy atom. The van der Waals surface area contributed by atoms with Crippen LogP contribution in [0.25, 0.3) is 0 Å². The van der Waals surface area contributed by atoms with Gasteiger partial charge in [0, 0.05) is 4.90 Å². The fourth-order valence-electron chi connectivity index (χ4n) is 1.80. The Labute approximate surface area is 92.7 Å². The van der Waals surface area contributed by atoms with Crippen LogP contribution in [0.3, 0.4) is 0 Å². The first-order valence-electron chi connectivity index (χ1n) is 4.65. The van der Waals surface area contributed by atoms with Gasteiger partial charge in [0.25, 0.3) is 0 Å². The average Bonchev–Trinajstić information content (AvgIpc) is 2.16. The lowest BCUT2D eigenvalue weighted by atomic mass is 10.00. The minimum atomic E-state index is -2.19. The van der Waals surface area contributed by atoms with E-state index in [2.05, 4.69) is 0 Å². The maximum atomic E-state index is 11.1. The molecule has 0 aliphatic carbocycles. The van der Waals surface area contributed by atoms with E-state index in [0.29, 0.717) is 4.90 Å². The summed E-state index contributed by atoms with van der Waals surface area (Å²) in [6.07, 6.45) is 0. The Balaban J connectivity index is 3.66. The van der Waals surface area contributed by atoms with Gasteiger partial charge in [0.15, 0.2) is 0 Å². The van der Waals surface area contributed by atoms with Crippen LogP contribution in [0.2, 0.25) is 0 Å². The summed E-state index contributed by atoms with van der Waals surface area (Å²) in [5.74, 6) is 0.777. The molecule has 4 heteroatoms. The average molecular weight is 227 g/mol. The second-order valence-electron chi connectivity index (χ2n) is 3.60. The molecular formula is C11H15O3S-. The highest BCUT2D eigenvalue weighted by molar-refractivity contribution is 7.79. The van der Waals surface area contributed by atoms with Crippen molar-refractivity contribution in [2.45, 2.75) is 32.6 Å². The Hall–Kier alpha value is -0.870. The molecule has 0 aliphatic rings. The molecule has 1 atom stereocenters. The topological polar surface area (TPSA) is 49.4 Å². The zero-order chi connectivity index (χ0) is 11.7. The van der Waals surface area contributed by atoms with E-state index < -0.39 is 11.1 Å². The molecular weight excluding hydrogens is 212 g/mol. The van der Waals surface area contributed by atoms with Crippen molar-refractivity contribution < 1.29 is 13.5 Å². The first-order chi connectivity index (χ1) is 6.91.